The van der Waals surface area contributed by atoms with Crippen molar-refractivity contribution in [1.82, 2.24) is 15.2 Å². The summed E-state index contributed by atoms with van der Waals surface area (Å²) in [6, 6.07) is 10.3. The number of likely N-dealkylation sites (tertiary alicyclic amines) is 1. The fraction of sp³-hybridized carbons (Fsp3) is 0.368. The SMILES string of the molecule is Cc1nc2cc(C(=O)N[C@@H]3CCCN(Cc4cccs4)C3)ccc2s1. The minimum atomic E-state index is 0.00975. The molecule has 1 aliphatic heterocycles. The van der Waals surface area contributed by atoms with Crippen LogP contribution < -0.4 is 5.32 Å². The molecule has 1 amide bonds. The first kappa shape index (κ1) is 16.7. The van der Waals surface area contributed by atoms with Crippen LogP contribution in [0.3, 0.4) is 0 Å². The van der Waals surface area contributed by atoms with E-state index in [0.717, 1.165) is 47.7 Å². The molecule has 0 spiro atoms. The van der Waals surface area contributed by atoms with E-state index in [1.165, 1.54) is 4.88 Å². The molecule has 0 bridgehead atoms. The highest BCUT2D eigenvalue weighted by Gasteiger charge is 2.22. The van der Waals surface area contributed by atoms with Gasteiger partial charge in [-0.15, -0.1) is 22.7 Å². The molecule has 1 aliphatic rings. The van der Waals surface area contributed by atoms with Gasteiger partial charge in [0.15, 0.2) is 0 Å². The molecule has 1 aromatic carbocycles. The van der Waals surface area contributed by atoms with E-state index in [9.17, 15) is 4.79 Å². The quantitative estimate of drug-likeness (QED) is 0.752. The highest BCUT2D eigenvalue weighted by molar-refractivity contribution is 7.18. The van der Waals surface area contributed by atoms with E-state index < -0.39 is 0 Å². The third kappa shape index (κ3) is 3.92. The molecule has 4 rings (SSSR count). The Balaban J connectivity index is 1.40. The van der Waals surface area contributed by atoms with Crippen molar-refractivity contribution in [3.05, 3.63) is 51.2 Å². The number of piperidine rings is 1. The van der Waals surface area contributed by atoms with Crippen LogP contribution in [0.2, 0.25) is 0 Å². The number of nitrogens with one attached hydrogen (secondary N) is 1. The Kier molecular flexibility index (Phi) is 4.83. The third-order valence-corrected chi connectivity index (χ3v) is 6.37. The van der Waals surface area contributed by atoms with Crippen molar-refractivity contribution in [2.24, 2.45) is 0 Å². The summed E-state index contributed by atoms with van der Waals surface area (Å²) in [7, 11) is 0. The average molecular weight is 372 g/mol. The van der Waals surface area contributed by atoms with Gasteiger partial charge in [0.25, 0.3) is 5.91 Å². The molecule has 4 nitrogen and oxygen atoms in total. The number of fused-ring (bicyclic) bond motifs is 1. The Morgan fingerprint density at radius 3 is 3.16 bits per heavy atom. The van der Waals surface area contributed by atoms with Crippen molar-refractivity contribution in [3.8, 4) is 0 Å². The van der Waals surface area contributed by atoms with Crippen molar-refractivity contribution in [3.63, 3.8) is 0 Å². The number of benzene rings is 1. The second-order valence-corrected chi connectivity index (χ2v) is 8.81. The number of carbonyl (C=O) groups excluding carboxylic acids is 1. The maximum absolute atomic E-state index is 12.6. The zero-order valence-electron chi connectivity index (χ0n) is 14.2. The average Bonchev–Trinajstić information content (AvgIpc) is 3.22. The Morgan fingerprint density at radius 1 is 1.40 bits per heavy atom. The minimum absolute atomic E-state index is 0.00975. The lowest BCUT2D eigenvalue weighted by Gasteiger charge is -2.32. The smallest absolute Gasteiger partial charge is 0.251 e. The van der Waals surface area contributed by atoms with E-state index in [4.69, 9.17) is 0 Å². The molecule has 6 heteroatoms. The summed E-state index contributed by atoms with van der Waals surface area (Å²) >= 11 is 3.46. The second-order valence-electron chi connectivity index (χ2n) is 6.54. The summed E-state index contributed by atoms with van der Waals surface area (Å²) in [6.45, 7) is 5.00. The number of hydrogen-bond donors (Lipinski definition) is 1. The monoisotopic (exact) mass is 371 g/mol. The number of carbonyl (C=O) groups is 1. The summed E-state index contributed by atoms with van der Waals surface area (Å²) < 4.78 is 1.13. The summed E-state index contributed by atoms with van der Waals surface area (Å²) in [6.07, 6.45) is 2.17. The van der Waals surface area contributed by atoms with Crippen LogP contribution in [0, 0.1) is 6.92 Å². The zero-order valence-corrected chi connectivity index (χ0v) is 15.8. The van der Waals surface area contributed by atoms with Gasteiger partial charge in [-0.25, -0.2) is 4.98 Å². The lowest BCUT2D eigenvalue weighted by atomic mass is 10.0. The van der Waals surface area contributed by atoms with Crippen LogP contribution in [0.4, 0.5) is 0 Å². The van der Waals surface area contributed by atoms with Gasteiger partial charge in [0.1, 0.15) is 0 Å². The molecule has 0 aliphatic carbocycles. The van der Waals surface area contributed by atoms with Crippen LogP contribution in [0.5, 0.6) is 0 Å². The van der Waals surface area contributed by atoms with Gasteiger partial charge in [0.05, 0.1) is 15.2 Å². The van der Waals surface area contributed by atoms with Gasteiger partial charge in [-0.05, 0) is 56.0 Å². The van der Waals surface area contributed by atoms with Gasteiger partial charge >= 0.3 is 0 Å². The van der Waals surface area contributed by atoms with Crippen LogP contribution in [-0.4, -0.2) is 34.9 Å². The van der Waals surface area contributed by atoms with Crippen LogP contribution in [0.1, 0.15) is 33.1 Å². The number of rotatable bonds is 4. The van der Waals surface area contributed by atoms with E-state index in [-0.39, 0.29) is 11.9 Å². The topological polar surface area (TPSA) is 45.2 Å². The molecule has 2 aromatic heterocycles. The minimum Gasteiger partial charge on any atom is -0.348 e. The lowest BCUT2D eigenvalue weighted by molar-refractivity contribution is 0.0901. The predicted molar refractivity (Wildman–Crippen MR) is 104 cm³/mol. The summed E-state index contributed by atoms with van der Waals surface area (Å²) in [5.41, 5.74) is 1.62. The van der Waals surface area contributed by atoms with Gasteiger partial charge in [-0.3, -0.25) is 9.69 Å². The van der Waals surface area contributed by atoms with Gasteiger partial charge in [-0.1, -0.05) is 6.07 Å². The lowest BCUT2D eigenvalue weighted by Crippen LogP contribution is -2.47. The van der Waals surface area contributed by atoms with Crippen molar-refractivity contribution in [1.29, 1.82) is 0 Å². The first-order valence-corrected chi connectivity index (χ1v) is 10.3. The number of nitrogens with zero attached hydrogens (tertiary/aromatic N) is 2. The van der Waals surface area contributed by atoms with E-state index in [1.54, 1.807) is 22.7 Å². The summed E-state index contributed by atoms with van der Waals surface area (Å²) in [5.74, 6) is 0.00975. The molecule has 3 aromatic rings. The molecule has 1 N–H and O–H groups in total. The number of thiophene rings is 1. The van der Waals surface area contributed by atoms with Crippen LogP contribution in [0.15, 0.2) is 35.7 Å². The molecular formula is C19H21N3OS2. The number of amides is 1. The Bertz CT molecular complexity index is 872. The van der Waals surface area contributed by atoms with Crippen molar-refractivity contribution in [2.75, 3.05) is 13.1 Å². The van der Waals surface area contributed by atoms with Crippen molar-refractivity contribution >= 4 is 38.8 Å². The van der Waals surface area contributed by atoms with E-state index in [0.29, 0.717) is 5.56 Å². The van der Waals surface area contributed by atoms with E-state index in [2.05, 4.69) is 32.7 Å². The summed E-state index contributed by atoms with van der Waals surface area (Å²) in [4.78, 5) is 20.9. The number of aryl methyl sites for hydroxylation is 1. The molecule has 0 saturated carbocycles. The molecule has 130 valence electrons. The fourth-order valence-corrected chi connectivity index (χ4v) is 4.95. The van der Waals surface area contributed by atoms with Crippen molar-refractivity contribution < 1.29 is 4.79 Å². The highest BCUT2D eigenvalue weighted by atomic mass is 32.1. The maximum atomic E-state index is 12.6. The molecule has 0 unspecified atom stereocenters. The van der Waals surface area contributed by atoms with Gasteiger partial charge in [0, 0.05) is 29.6 Å². The number of aromatic nitrogens is 1. The Hall–Kier alpha value is -1.76. The highest BCUT2D eigenvalue weighted by Crippen LogP contribution is 2.23. The Labute approximate surface area is 155 Å². The molecule has 1 fully saturated rings. The molecule has 1 atom stereocenters. The molecule has 25 heavy (non-hydrogen) atoms. The third-order valence-electron chi connectivity index (χ3n) is 4.56. The second kappa shape index (κ2) is 7.23. The van der Waals surface area contributed by atoms with E-state index >= 15 is 0 Å². The number of thiazole rings is 1. The van der Waals surface area contributed by atoms with Crippen LogP contribution in [0.25, 0.3) is 10.2 Å². The molecular weight excluding hydrogens is 350 g/mol. The first-order valence-electron chi connectivity index (χ1n) is 8.60. The molecule has 0 radical (unpaired) electrons. The molecule has 3 heterocycles. The molecule has 1 saturated heterocycles. The van der Waals surface area contributed by atoms with Crippen LogP contribution >= 0.6 is 22.7 Å². The first-order chi connectivity index (χ1) is 12.2. The predicted octanol–water partition coefficient (Wildman–Crippen LogP) is 4.06. The maximum Gasteiger partial charge on any atom is 0.251 e. The standard InChI is InChI=1S/C19H21N3OS2/c1-13-20-17-10-14(6-7-18(17)25-13)19(23)21-15-4-2-8-22(11-15)12-16-5-3-9-24-16/h3,5-7,9-10,15H,2,4,8,11-12H2,1H3,(H,21,23)/t15-/m1/s1. The van der Waals surface area contributed by atoms with Crippen molar-refractivity contribution in [2.45, 2.75) is 32.4 Å². The largest absolute Gasteiger partial charge is 0.348 e. The van der Waals surface area contributed by atoms with Gasteiger partial charge in [-0.2, -0.15) is 0 Å². The summed E-state index contributed by atoms with van der Waals surface area (Å²) in [5, 5.41) is 6.37. The fourth-order valence-electron chi connectivity index (χ4n) is 3.39. The number of hydrogen-bond acceptors (Lipinski definition) is 5. The van der Waals surface area contributed by atoms with Gasteiger partial charge in [0.2, 0.25) is 0 Å². The zero-order chi connectivity index (χ0) is 17.2. The van der Waals surface area contributed by atoms with Gasteiger partial charge < -0.3 is 5.32 Å². The van der Waals surface area contributed by atoms with E-state index in [1.807, 2.05) is 25.1 Å². The van der Waals surface area contributed by atoms with Crippen LogP contribution in [-0.2, 0) is 6.54 Å². The Morgan fingerprint density at radius 2 is 2.32 bits per heavy atom. The normalized spacial score (nSPS) is 18.5.